The molecule has 812 valence electrons. The molecule has 5 heterocycles. The van der Waals surface area contributed by atoms with Gasteiger partial charge in [0.1, 0.15) is 96.4 Å². The number of hydrogen-bond acceptors (Lipinski definition) is 27. The molecule has 3 aromatic carbocycles. The number of aromatic hydroxyl groups is 1. The molecule has 51 heteroatoms. The number of amides is 15. The molecule has 15 amide bonds. The van der Waals surface area contributed by atoms with Gasteiger partial charge in [0, 0.05) is 105 Å². The van der Waals surface area contributed by atoms with Crippen molar-refractivity contribution in [3.63, 3.8) is 0 Å². The summed E-state index contributed by atoms with van der Waals surface area (Å²) in [6, 6.07) is -6.10. The standard InChI is InChI=1S/C98H141N27O24/c1-7-52(4)80(123-82(133)53(5)111-83(134)63(101)42-58-46-104-49-109-58)94(145)121-75(39-55-26-28-60(128)29-27-55)96(147)125-37-17-25-77(125)93(144)115-68(24-16-36-106-98(102)103)86(137)119-74(43-59-47-105-50-110-59)90(141)122-76(48-126)92(143)118-73(41-57-45-108-65-21-11-9-19-62(57)65)91(142)124-81(54(6)127)95(146)120-72(40-56-44-107-64-20-10-8-18-61(56)64)89(140)114-69(30-32-78(129)130)87(138)113-66(22-12-14-34-99)84(135)112-67(23-13-15-35-100)85(136)117-71(38-51(2)3)88(139)116-70(97(148)149)31-33-79(131)132/h8-11,18-21,26-29,44-47,49-54,63,66-77,80-81,107-108,126-128H,7,12-17,22-25,30-43,48,99-101H2,1-6H3,(H,104,109)(H,105,110)(H,111,134)(H,112,135)(H,113,138)(H,114,140)(H,115,144)(H,116,139)(H,117,136)(H,118,143)(H,119,137)(H,120,146)(H,121,145)(H,122,141)(H,123,133)(H,124,142)(H,129,130)(H,131,132)(H,148,149)(H4,102,103,106)/t52-,53-,54-,63-,66+,67+,68-,69+,70+,71+,72+,73+,74-,75-,76+,77-,80-,81+/m0/s1. The Morgan fingerprint density at radius 3 is 1.38 bits per heavy atom. The van der Waals surface area contributed by atoms with Crippen molar-refractivity contribution in [2.75, 3.05) is 32.8 Å². The minimum Gasteiger partial charge on any atom is -0.508 e. The van der Waals surface area contributed by atoms with Gasteiger partial charge in [0.2, 0.25) is 88.6 Å². The van der Waals surface area contributed by atoms with E-state index in [2.05, 4.69) is 110 Å². The van der Waals surface area contributed by atoms with E-state index >= 15 is 33.6 Å². The Morgan fingerprint density at radius 1 is 0.463 bits per heavy atom. The lowest BCUT2D eigenvalue weighted by molar-refractivity contribution is -0.143. The molecule has 18 atom stereocenters. The highest BCUT2D eigenvalue weighted by molar-refractivity contribution is 6.02. The van der Waals surface area contributed by atoms with E-state index in [9.17, 15) is 83.4 Å². The van der Waals surface area contributed by atoms with Crippen LogP contribution in [0.3, 0.4) is 0 Å². The summed E-state index contributed by atoms with van der Waals surface area (Å²) >= 11 is 0. The van der Waals surface area contributed by atoms with Crippen molar-refractivity contribution in [3.05, 3.63) is 138 Å². The summed E-state index contributed by atoms with van der Waals surface area (Å²) in [4.78, 5) is 278. The molecule has 8 rings (SSSR count). The van der Waals surface area contributed by atoms with Crippen molar-refractivity contribution >= 4 is 134 Å². The molecule has 1 aliphatic heterocycles. The molecule has 1 aliphatic rings. The van der Waals surface area contributed by atoms with Gasteiger partial charge in [0.05, 0.1) is 42.8 Å². The number of aliphatic hydroxyl groups is 2. The third kappa shape index (κ3) is 37.4. The maximum absolute atomic E-state index is 15.3. The molecule has 0 aliphatic carbocycles. The second kappa shape index (κ2) is 59.3. The number of imidazole rings is 2. The summed E-state index contributed by atoms with van der Waals surface area (Å²) in [6.45, 7) is 8.33. The Balaban J connectivity index is 1.03. The van der Waals surface area contributed by atoms with Crippen LogP contribution in [0.5, 0.6) is 5.75 Å². The number of carboxylic acid groups (broad SMARTS) is 3. The molecule has 149 heavy (non-hydrogen) atoms. The highest BCUT2D eigenvalue weighted by Gasteiger charge is 2.44. The molecule has 7 aromatic rings. The van der Waals surface area contributed by atoms with Gasteiger partial charge < -0.3 is 158 Å². The fourth-order valence-corrected chi connectivity index (χ4v) is 16.8. The minimum atomic E-state index is -2.06. The molecule has 4 aromatic heterocycles. The van der Waals surface area contributed by atoms with Crippen LogP contribution >= 0.6 is 0 Å². The molecule has 0 unspecified atom stereocenters. The number of guanidine groups is 1. The lowest BCUT2D eigenvalue weighted by Gasteiger charge is -2.32. The number of nitrogens with zero attached hydrogens (tertiary/aromatic N) is 3. The number of unbranched alkanes of at least 4 members (excludes halogenated alkanes) is 2. The van der Waals surface area contributed by atoms with Crippen LogP contribution in [0.4, 0.5) is 0 Å². The highest BCUT2D eigenvalue weighted by Crippen LogP contribution is 2.26. The smallest absolute Gasteiger partial charge is 0.326 e. The first-order valence-electron chi connectivity index (χ1n) is 49.6. The summed E-state index contributed by atoms with van der Waals surface area (Å²) in [5.41, 5.74) is 26.4. The molecule has 51 nitrogen and oxygen atoms in total. The average Bonchev–Trinajstić information content (AvgIpc) is 1.72. The van der Waals surface area contributed by atoms with E-state index in [1.54, 1.807) is 82.4 Å². The molecule has 0 spiro atoms. The maximum Gasteiger partial charge on any atom is 0.326 e. The first-order chi connectivity index (χ1) is 71.0. The van der Waals surface area contributed by atoms with E-state index in [4.69, 9.17) is 28.3 Å². The van der Waals surface area contributed by atoms with Gasteiger partial charge in [-0.1, -0.05) is 82.6 Å². The number of phenols is 1. The SMILES string of the molecule is CC[C@H](C)[C@H](NC(=O)[C@H](C)NC(=O)[C@@H](N)Cc1c[nH]cn1)C(=O)N[C@@H](Cc1ccc(O)cc1)C(=O)N1CCC[C@H]1C(=O)N[C@@H](CCCNC(=N)N)C(=O)N[C@@H](Cc1c[nH]cn1)C(=O)N[C@H](CO)C(=O)N[C@H](Cc1c[nH]c2ccccc12)C(=O)N[C@@H](C(=O)N[C@H](Cc1c[nH]c2ccccc12)C(=O)N[C@H](CCC(=O)O)C(=O)N[C@H](CCCCN)C(=O)N[C@H](CCCCN)C(=O)N[C@H](CC(C)C)C(=O)N[C@H](CCC(=O)O)C(=O)O)[C@H](C)O. The summed E-state index contributed by atoms with van der Waals surface area (Å²) in [6.07, 6.45) is 3.74. The molecule has 0 saturated carbocycles. The number of H-pyrrole nitrogens is 4. The van der Waals surface area contributed by atoms with Crippen LogP contribution in [0, 0.1) is 17.2 Å². The molecule has 34 N–H and O–H groups in total. The molecular formula is C98H141N27O24. The van der Waals surface area contributed by atoms with E-state index in [1.165, 1.54) is 67.3 Å². The molecular weight excluding hydrogens is 1940 g/mol. The quantitative estimate of drug-likeness (QED) is 0.00989. The van der Waals surface area contributed by atoms with E-state index < -0.39 is 273 Å². The summed E-state index contributed by atoms with van der Waals surface area (Å²) in [5, 5.41) is 110. The van der Waals surface area contributed by atoms with E-state index in [0.29, 0.717) is 57.0 Å². The van der Waals surface area contributed by atoms with Crippen molar-refractivity contribution in [2.45, 2.75) is 279 Å². The number of aromatic nitrogens is 6. The highest BCUT2D eigenvalue weighted by atomic mass is 16.4. The summed E-state index contributed by atoms with van der Waals surface area (Å²) in [7, 11) is 0. The second-order valence-corrected chi connectivity index (χ2v) is 37.4. The number of nitrogens with one attached hydrogen (secondary N) is 20. The number of likely N-dealkylation sites (tertiary alicyclic amines) is 1. The van der Waals surface area contributed by atoms with E-state index in [1.807, 2.05) is 0 Å². The molecule has 1 fully saturated rings. The number of hydrogen-bond donors (Lipinski definition) is 30. The number of carboxylic acids is 3. The van der Waals surface area contributed by atoms with Gasteiger partial charge in [-0.05, 0) is 163 Å². The van der Waals surface area contributed by atoms with Crippen LogP contribution in [-0.2, 0) is 118 Å². The topological polar surface area (TPSA) is 829 Å². The minimum absolute atomic E-state index is 0.0162. The number of aliphatic carboxylic acids is 3. The van der Waals surface area contributed by atoms with Gasteiger partial charge in [0.15, 0.2) is 5.96 Å². The monoisotopic (exact) mass is 2080 g/mol. The number of nitrogens with two attached hydrogens (primary N) is 4. The van der Waals surface area contributed by atoms with E-state index in [-0.39, 0.29) is 121 Å². The number of aliphatic hydroxyl groups excluding tert-OH is 2. The van der Waals surface area contributed by atoms with Gasteiger partial charge in [-0.3, -0.25) is 86.9 Å². The average molecular weight is 2080 g/mol. The van der Waals surface area contributed by atoms with Gasteiger partial charge in [0.25, 0.3) is 0 Å². The molecule has 1 saturated heterocycles. The van der Waals surface area contributed by atoms with Crippen molar-refractivity contribution in [1.29, 1.82) is 5.41 Å². The number of carbonyl (C=O) groups is 18. The Kier molecular flexibility index (Phi) is 47.3. The lowest BCUT2D eigenvalue weighted by atomic mass is 9.96. The van der Waals surface area contributed by atoms with Crippen LogP contribution in [0.25, 0.3) is 21.8 Å². The van der Waals surface area contributed by atoms with Gasteiger partial charge in [-0.15, -0.1) is 0 Å². The first-order valence-corrected chi connectivity index (χ1v) is 49.6. The van der Waals surface area contributed by atoms with Crippen LogP contribution < -0.4 is 103 Å². The largest absolute Gasteiger partial charge is 0.508 e. The van der Waals surface area contributed by atoms with Crippen LogP contribution in [-0.4, -0.2) is 313 Å². The number of carbonyl (C=O) groups excluding carboxylic acids is 15. The second-order valence-electron chi connectivity index (χ2n) is 37.4. The number of para-hydroxylation sites is 2. The summed E-state index contributed by atoms with van der Waals surface area (Å²) < 4.78 is 0. The third-order valence-electron chi connectivity index (χ3n) is 25.3. The Hall–Kier alpha value is -15.5. The fourth-order valence-electron chi connectivity index (χ4n) is 16.8. The van der Waals surface area contributed by atoms with Crippen molar-refractivity contribution in [2.24, 2.45) is 34.8 Å². The Morgan fingerprint density at radius 2 is 0.893 bits per heavy atom. The van der Waals surface area contributed by atoms with Gasteiger partial charge >= 0.3 is 17.9 Å². The number of rotatable bonds is 64. The van der Waals surface area contributed by atoms with Crippen LogP contribution in [0.15, 0.2) is 110 Å². The Bertz CT molecular complexity index is 5700. The van der Waals surface area contributed by atoms with Gasteiger partial charge in [-0.2, -0.15) is 0 Å². The van der Waals surface area contributed by atoms with Crippen molar-refractivity contribution in [3.8, 4) is 5.75 Å². The Labute approximate surface area is 858 Å². The number of phenolic OH excluding ortho intramolecular Hbond substituents is 1. The summed E-state index contributed by atoms with van der Waals surface area (Å²) in [5.74, 6) is -20.7. The number of fused-ring (bicyclic) bond motifs is 2. The first kappa shape index (κ1) is 119. The molecule has 0 radical (unpaired) electrons. The molecule has 0 bridgehead atoms. The zero-order valence-electron chi connectivity index (χ0n) is 83.9. The normalized spacial score (nSPS) is 15.8. The number of benzene rings is 3. The maximum atomic E-state index is 15.3. The fraction of sp³-hybridized carbons (Fsp3) is 0.520. The number of aromatic amines is 4. The van der Waals surface area contributed by atoms with E-state index in [0.717, 1.165) is 6.92 Å². The predicted octanol–water partition coefficient (Wildman–Crippen LogP) is -3.76. The zero-order valence-corrected chi connectivity index (χ0v) is 83.9. The van der Waals surface area contributed by atoms with Crippen LogP contribution in [0.1, 0.15) is 172 Å². The van der Waals surface area contributed by atoms with Gasteiger partial charge in [-0.25, -0.2) is 14.8 Å². The zero-order chi connectivity index (χ0) is 109. The lowest BCUT2D eigenvalue weighted by Crippen LogP contribution is -2.63. The van der Waals surface area contributed by atoms with Crippen molar-refractivity contribution < 1.29 is 117 Å². The predicted molar refractivity (Wildman–Crippen MR) is 540 cm³/mol. The van der Waals surface area contributed by atoms with Crippen molar-refractivity contribution in [1.82, 2.24) is 115 Å². The van der Waals surface area contributed by atoms with Crippen LogP contribution in [0.2, 0.25) is 0 Å². The third-order valence-corrected chi connectivity index (χ3v) is 25.3.